The summed E-state index contributed by atoms with van der Waals surface area (Å²) in [6, 6.07) is 15.5. The maximum atomic E-state index is 11.9. The van der Waals surface area contributed by atoms with Crippen molar-refractivity contribution in [3.05, 3.63) is 65.2 Å². The molecule has 0 saturated heterocycles. The fourth-order valence-electron chi connectivity index (χ4n) is 2.57. The van der Waals surface area contributed by atoms with E-state index in [9.17, 15) is 4.79 Å². The van der Waals surface area contributed by atoms with Crippen LogP contribution in [0.5, 0.6) is 5.75 Å². The number of carbonyl (C=O) groups excluding carboxylic acids is 1. The Morgan fingerprint density at radius 1 is 1.07 bits per heavy atom. The Kier molecular flexibility index (Phi) is 11.1. The van der Waals surface area contributed by atoms with Gasteiger partial charge in [0.1, 0.15) is 12.4 Å². The lowest BCUT2D eigenvalue weighted by Crippen LogP contribution is -2.39. The molecule has 0 atom stereocenters. The van der Waals surface area contributed by atoms with E-state index in [0.717, 1.165) is 29.4 Å². The van der Waals surface area contributed by atoms with Crippen LogP contribution >= 0.6 is 24.0 Å². The Balaban J connectivity index is 0.00000420. The number of carbonyl (C=O) groups is 1. The number of hydrogen-bond acceptors (Lipinski definition) is 3. The van der Waals surface area contributed by atoms with Crippen LogP contribution in [0.3, 0.4) is 0 Å². The predicted molar refractivity (Wildman–Crippen MR) is 129 cm³/mol. The van der Waals surface area contributed by atoms with Crippen molar-refractivity contribution in [1.29, 1.82) is 0 Å². The zero-order valence-corrected chi connectivity index (χ0v) is 19.9. The van der Waals surface area contributed by atoms with E-state index in [4.69, 9.17) is 4.74 Å². The molecule has 0 heterocycles. The minimum atomic E-state index is -0.00119. The number of nitrogens with one attached hydrogen (secondary N) is 2. The smallest absolute Gasteiger partial charge is 0.253 e. The van der Waals surface area contributed by atoms with Crippen molar-refractivity contribution in [3.63, 3.8) is 0 Å². The molecule has 0 fully saturated rings. The van der Waals surface area contributed by atoms with Crippen LogP contribution in [-0.2, 0) is 6.54 Å². The molecule has 1 amide bonds. The SMILES string of the molecule is CCNC(=NCc1ccc(C(=O)N(C)C)cc1)NCCOc1ccccc1C.I. The Labute approximate surface area is 190 Å². The van der Waals surface area contributed by atoms with Gasteiger partial charge < -0.3 is 20.3 Å². The van der Waals surface area contributed by atoms with Gasteiger partial charge in [0.25, 0.3) is 5.91 Å². The van der Waals surface area contributed by atoms with Crippen molar-refractivity contribution in [2.24, 2.45) is 4.99 Å². The van der Waals surface area contributed by atoms with E-state index in [0.29, 0.717) is 25.3 Å². The summed E-state index contributed by atoms with van der Waals surface area (Å²) < 4.78 is 5.80. The van der Waals surface area contributed by atoms with Crippen molar-refractivity contribution in [1.82, 2.24) is 15.5 Å². The number of benzene rings is 2. The molecule has 0 saturated carbocycles. The van der Waals surface area contributed by atoms with Gasteiger partial charge >= 0.3 is 0 Å². The molecule has 29 heavy (non-hydrogen) atoms. The summed E-state index contributed by atoms with van der Waals surface area (Å²) >= 11 is 0. The number of hydrogen-bond donors (Lipinski definition) is 2. The van der Waals surface area contributed by atoms with Gasteiger partial charge in [-0.2, -0.15) is 0 Å². The third-order valence-corrected chi connectivity index (χ3v) is 4.12. The molecule has 0 aliphatic heterocycles. The molecule has 2 rings (SSSR count). The second-order valence-corrected chi connectivity index (χ2v) is 6.63. The maximum Gasteiger partial charge on any atom is 0.253 e. The van der Waals surface area contributed by atoms with E-state index in [1.807, 2.05) is 62.4 Å². The molecule has 0 spiro atoms. The molecular weight excluding hydrogens is 479 g/mol. The van der Waals surface area contributed by atoms with Gasteiger partial charge in [-0.1, -0.05) is 30.3 Å². The van der Waals surface area contributed by atoms with Crippen LogP contribution in [0, 0.1) is 6.92 Å². The third-order valence-electron chi connectivity index (χ3n) is 4.12. The van der Waals surface area contributed by atoms with Gasteiger partial charge in [-0.05, 0) is 43.2 Å². The molecule has 158 valence electrons. The van der Waals surface area contributed by atoms with Crippen molar-refractivity contribution in [2.45, 2.75) is 20.4 Å². The Morgan fingerprint density at radius 3 is 2.38 bits per heavy atom. The molecular formula is C22H31IN4O2. The number of rotatable bonds is 8. The van der Waals surface area contributed by atoms with Crippen LogP contribution in [0.25, 0.3) is 0 Å². The first-order chi connectivity index (χ1) is 13.5. The number of para-hydroxylation sites is 1. The maximum absolute atomic E-state index is 11.9. The number of amides is 1. The molecule has 0 aliphatic rings. The lowest BCUT2D eigenvalue weighted by molar-refractivity contribution is 0.0827. The molecule has 0 unspecified atom stereocenters. The molecule has 0 bridgehead atoms. The minimum Gasteiger partial charge on any atom is -0.491 e. The van der Waals surface area contributed by atoms with Crippen LogP contribution in [0.15, 0.2) is 53.5 Å². The van der Waals surface area contributed by atoms with E-state index in [1.54, 1.807) is 19.0 Å². The molecule has 0 radical (unpaired) electrons. The van der Waals surface area contributed by atoms with Gasteiger partial charge in [-0.25, -0.2) is 4.99 Å². The van der Waals surface area contributed by atoms with E-state index in [2.05, 4.69) is 15.6 Å². The molecule has 0 aliphatic carbocycles. The second-order valence-electron chi connectivity index (χ2n) is 6.63. The van der Waals surface area contributed by atoms with E-state index in [-0.39, 0.29) is 29.9 Å². The van der Waals surface area contributed by atoms with Crippen molar-refractivity contribution < 1.29 is 9.53 Å². The van der Waals surface area contributed by atoms with E-state index >= 15 is 0 Å². The van der Waals surface area contributed by atoms with Crippen LogP contribution < -0.4 is 15.4 Å². The summed E-state index contributed by atoms with van der Waals surface area (Å²) in [5.74, 6) is 1.64. The highest BCUT2D eigenvalue weighted by Crippen LogP contribution is 2.15. The first-order valence-corrected chi connectivity index (χ1v) is 9.52. The molecule has 0 aromatic heterocycles. The number of halogens is 1. The lowest BCUT2D eigenvalue weighted by atomic mass is 10.1. The highest BCUT2D eigenvalue weighted by atomic mass is 127. The summed E-state index contributed by atoms with van der Waals surface area (Å²) in [6.45, 7) is 6.58. The first kappa shape index (κ1) is 24.7. The quantitative estimate of drug-likeness (QED) is 0.247. The van der Waals surface area contributed by atoms with Crippen LogP contribution in [-0.4, -0.2) is 50.6 Å². The van der Waals surface area contributed by atoms with Crippen molar-refractivity contribution >= 4 is 35.8 Å². The third kappa shape index (κ3) is 8.31. The topological polar surface area (TPSA) is 66.0 Å². The van der Waals surface area contributed by atoms with Crippen LogP contribution in [0.4, 0.5) is 0 Å². The zero-order valence-electron chi connectivity index (χ0n) is 17.6. The summed E-state index contributed by atoms with van der Waals surface area (Å²) in [6.07, 6.45) is 0. The van der Waals surface area contributed by atoms with Crippen molar-refractivity contribution in [3.8, 4) is 5.75 Å². The van der Waals surface area contributed by atoms with Gasteiger partial charge in [0.05, 0.1) is 13.1 Å². The highest BCUT2D eigenvalue weighted by Gasteiger charge is 2.07. The minimum absolute atomic E-state index is 0. The molecule has 2 N–H and O–H groups in total. The Morgan fingerprint density at radius 2 is 1.76 bits per heavy atom. The Hall–Kier alpha value is -2.29. The monoisotopic (exact) mass is 510 g/mol. The van der Waals surface area contributed by atoms with Gasteiger partial charge in [-0.3, -0.25) is 4.79 Å². The summed E-state index contributed by atoms with van der Waals surface area (Å²) in [5.41, 5.74) is 2.85. The number of aryl methyl sites for hydroxylation is 1. The first-order valence-electron chi connectivity index (χ1n) is 9.52. The predicted octanol–water partition coefficient (Wildman–Crippen LogP) is 3.45. The van der Waals surface area contributed by atoms with Crippen molar-refractivity contribution in [2.75, 3.05) is 33.8 Å². The fraction of sp³-hybridized carbons (Fsp3) is 0.364. The fourth-order valence-corrected chi connectivity index (χ4v) is 2.57. The van der Waals surface area contributed by atoms with Gasteiger partial charge in [0.2, 0.25) is 0 Å². The number of ether oxygens (including phenoxy) is 1. The van der Waals surface area contributed by atoms with E-state index < -0.39 is 0 Å². The average Bonchev–Trinajstić information content (AvgIpc) is 2.70. The summed E-state index contributed by atoms with van der Waals surface area (Å²) in [7, 11) is 3.50. The normalized spacial score (nSPS) is 10.7. The number of aliphatic imine (C=N–C) groups is 1. The summed E-state index contributed by atoms with van der Waals surface area (Å²) in [4.78, 5) is 18.1. The average molecular weight is 510 g/mol. The highest BCUT2D eigenvalue weighted by molar-refractivity contribution is 14.0. The molecule has 2 aromatic carbocycles. The summed E-state index contributed by atoms with van der Waals surface area (Å²) in [5, 5.41) is 6.51. The second kappa shape index (κ2) is 13.0. The van der Waals surface area contributed by atoms with Gasteiger partial charge in [0, 0.05) is 26.2 Å². The standard InChI is InChI=1S/C22H30N4O2.HI/c1-5-23-22(24-14-15-28-20-9-7-6-8-17(20)2)25-16-18-10-12-19(13-11-18)21(27)26(3)4;/h6-13H,5,14-16H2,1-4H3,(H2,23,24,25);1H. The zero-order chi connectivity index (χ0) is 20.4. The number of nitrogens with zero attached hydrogens (tertiary/aromatic N) is 2. The van der Waals surface area contributed by atoms with E-state index in [1.165, 1.54) is 0 Å². The van der Waals surface area contributed by atoms with Crippen LogP contribution in [0.1, 0.15) is 28.4 Å². The lowest BCUT2D eigenvalue weighted by Gasteiger charge is -2.13. The number of guanidine groups is 1. The largest absolute Gasteiger partial charge is 0.491 e. The van der Waals surface area contributed by atoms with Gasteiger partial charge in [0.15, 0.2) is 5.96 Å². The molecule has 2 aromatic rings. The molecule has 6 nitrogen and oxygen atoms in total. The van der Waals surface area contributed by atoms with Gasteiger partial charge in [-0.15, -0.1) is 24.0 Å². The van der Waals surface area contributed by atoms with Crippen LogP contribution in [0.2, 0.25) is 0 Å². The molecule has 7 heteroatoms. The Bertz CT molecular complexity index is 792.